The number of amides is 1. The average molecular weight is 403 g/mol. The molecule has 1 aliphatic heterocycles. The number of fused-ring (bicyclic) bond motifs is 1. The third kappa shape index (κ3) is 4.51. The second-order valence-corrected chi connectivity index (χ2v) is 8.16. The Morgan fingerprint density at radius 1 is 1.03 bits per heavy atom. The normalized spacial score (nSPS) is 15.2. The first-order chi connectivity index (χ1) is 14.1. The number of hydrogen-bond acceptors (Lipinski definition) is 4. The minimum Gasteiger partial charge on any atom is -0.497 e. The summed E-state index contributed by atoms with van der Waals surface area (Å²) >= 11 is 1.69. The van der Waals surface area contributed by atoms with Gasteiger partial charge in [-0.05, 0) is 61.0 Å². The molecule has 5 heteroatoms. The first-order valence-corrected chi connectivity index (χ1v) is 10.4. The standard InChI is InChI=1S/C24H22N2O2S/c1-16-7-11-18(12-8-16)25-23(27)15-22-24(17-9-13-19(28-2)14-10-17)26-20-5-3-4-6-21(20)29-22/h3-14,22H,15H2,1-2H3,(H,25,27)/t22-/m0/s1. The number of carbonyl (C=O) groups is 1. The van der Waals surface area contributed by atoms with Gasteiger partial charge in [-0.2, -0.15) is 0 Å². The Morgan fingerprint density at radius 3 is 2.48 bits per heavy atom. The van der Waals surface area contributed by atoms with Crippen LogP contribution in [0.15, 0.2) is 82.7 Å². The zero-order valence-corrected chi connectivity index (χ0v) is 17.2. The lowest BCUT2D eigenvalue weighted by molar-refractivity contribution is -0.116. The van der Waals surface area contributed by atoms with Gasteiger partial charge in [0, 0.05) is 17.0 Å². The molecule has 1 atom stereocenters. The molecule has 0 spiro atoms. The van der Waals surface area contributed by atoms with E-state index in [4.69, 9.17) is 9.73 Å². The summed E-state index contributed by atoms with van der Waals surface area (Å²) in [5.74, 6) is 0.777. The largest absolute Gasteiger partial charge is 0.497 e. The lowest BCUT2D eigenvalue weighted by Crippen LogP contribution is -2.27. The molecule has 1 amide bonds. The number of benzene rings is 3. The van der Waals surface area contributed by atoms with Gasteiger partial charge >= 0.3 is 0 Å². The van der Waals surface area contributed by atoms with Crippen molar-refractivity contribution in [3.63, 3.8) is 0 Å². The van der Waals surface area contributed by atoms with Crippen molar-refractivity contribution in [3.05, 3.63) is 83.9 Å². The zero-order valence-electron chi connectivity index (χ0n) is 16.4. The number of methoxy groups -OCH3 is 1. The van der Waals surface area contributed by atoms with Gasteiger partial charge in [0.2, 0.25) is 5.91 Å². The number of thioether (sulfide) groups is 1. The number of rotatable bonds is 5. The molecule has 0 aromatic heterocycles. The summed E-state index contributed by atoms with van der Waals surface area (Å²) < 4.78 is 5.27. The number of hydrogen-bond donors (Lipinski definition) is 1. The topological polar surface area (TPSA) is 50.7 Å². The van der Waals surface area contributed by atoms with Crippen LogP contribution in [0, 0.1) is 6.92 Å². The van der Waals surface area contributed by atoms with E-state index in [1.54, 1.807) is 18.9 Å². The number of para-hydroxylation sites is 1. The van der Waals surface area contributed by atoms with Crippen molar-refractivity contribution in [3.8, 4) is 5.75 Å². The maximum absolute atomic E-state index is 12.8. The first-order valence-electron chi connectivity index (χ1n) is 9.47. The molecule has 29 heavy (non-hydrogen) atoms. The number of aliphatic imine (C=N–C) groups is 1. The van der Waals surface area contributed by atoms with Gasteiger partial charge in [0.25, 0.3) is 0 Å². The Kier molecular flexibility index (Phi) is 5.67. The van der Waals surface area contributed by atoms with Crippen LogP contribution in [0.4, 0.5) is 11.4 Å². The van der Waals surface area contributed by atoms with Gasteiger partial charge in [0.1, 0.15) is 5.75 Å². The van der Waals surface area contributed by atoms with Crippen molar-refractivity contribution >= 4 is 34.8 Å². The van der Waals surface area contributed by atoms with Gasteiger partial charge in [-0.15, -0.1) is 11.8 Å². The van der Waals surface area contributed by atoms with E-state index in [0.717, 1.165) is 38.9 Å². The molecule has 1 N–H and O–H groups in total. The molecule has 1 aliphatic rings. The van der Waals surface area contributed by atoms with Crippen molar-refractivity contribution in [2.24, 2.45) is 4.99 Å². The molecular formula is C24H22N2O2S. The van der Waals surface area contributed by atoms with E-state index < -0.39 is 0 Å². The highest BCUT2D eigenvalue weighted by molar-refractivity contribution is 8.01. The lowest BCUT2D eigenvalue weighted by Gasteiger charge is -2.24. The molecular weight excluding hydrogens is 380 g/mol. The van der Waals surface area contributed by atoms with Gasteiger partial charge in [-0.25, -0.2) is 0 Å². The van der Waals surface area contributed by atoms with E-state index in [0.29, 0.717) is 6.42 Å². The van der Waals surface area contributed by atoms with E-state index in [1.165, 1.54) is 0 Å². The summed E-state index contributed by atoms with van der Waals surface area (Å²) in [5.41, 5.74) is 4.83. The van der Waals surface area contributed by atoms with Crippen LogP contribution in [-0.4, -0.2) is 24.0 Å². The fourth-order valence-electron chi connectivity index (χ4n) is 3.23. The summed E-state index contributed by atoms with van der Waals surface area (Å²) in [4.78, 5) is 18.7. The molecule has 0 radical (unpaired) electrons. The summed E-state index contributed by atoms with van der Waals surface area (Å²) in [7, 11) is 1.65. The minimum absolute atomic E-state index is 0.0213. The highest BCUT2D eigenvalue weighted by Crippen LogP contribution is 2.40. The average Bonchev–Trinajstić information content (AvgIpc) is 2.75. The van der Waals surface area contributed by atoms with Crippen LogP contribution in [0.5, 0.6) is 5.75 Å². The Bertz CT molecular complexity index is 1040. The van der Waals surface area contributed by atoms with Crippen molar-refractivity contribution in [2.75, 3.05) is 12.4 Å². The molecule has 0 saturated heterocycles. The summed E-state index contributed by atoms with van der Waals surface area (Å²) in [6, 6.07) is 23.7. The quantitative estimate of drug-likeness (QED) is 0.602. The van der Waals surface area contributed by atoms with E-state index in [9.17, 15) is 4.79 Å². The first kappa shape index (κ1) is 19.3. The zero-order chi connectivity index (χ0) is 20.2. The Hall–Kier alpha value is -3.05. The summed E-state index contributed by atoms with van der Waals surface area (Å²) in [6.45, 7) is 2.03. The summed E-state index contributed by atoms with van der Waals surface area (Å²) in [6.07, 6.45) is 0.345. The number of aryl methyl sites for hydroxylation is 1. The number of ether oxygens (including phenoxy) is 1. The van der Waals surface area contributed by atoms with Crippen molar-refractivity contribution in [1.29, 1.82) is 0 Å². The van der Waals surface area contributed by atoms with E-state index in [1.807, 2.05) is 73.7 Å². The Morgan fingerprint density at radius 2 is 1.76 bits per heavy atom. The predicted octanol–water partition coefficient (Wildman–Crippen LogP) is 5.63. The van der Waals surface area contributed by atoms with Crippen LogP contribution in [0.25, 0.3) is 0 Å². The van der Waals surface area contributed by atoms with Crippen LogP contribution >= 0.6 is 11.8 Å². The number of nitrogens with one attached hydrogen (secondary N) is 1. The molecule has 0 aliphatic carbocycles. The van der Waals surface area contributed by atoms with E-state index in [2.05, 4.69) is 11.4 Å². The molecule has 0 fully saturated rings. The molecule has 4 rings (SSSR count). The van der Waals surface area contributed by atoms with Crippen LogP contribution < -0.4 is 10.1 Å². The van der Waals surface area contributed by atoms with Gasteiger partial charge in [-0.1, -0.05) is 29.8 Å². The number of anilines is 1. The fraction of sp³-hybridized carbons (Fsp3) is 0.167. The molecule has 146 valence electrons. The Labute approximate surface area is 175 Å². The van der Waals surface area contributed by atoms with Crippen molar-refractivity contribution in [2.45, 2.75) is 23.5 Å². The van der Waals surface area contributed by atoms with Gasteiger partial charge < -0.3 is 10.1 Å². The maximum atomic E-state index is 12.8. The maximum Gasteiger partial charge on any atom is 0.225 e. The SMILES string of the molecule is COc1ccc(C2=Nc3ccccc3S[C@H]2CC(=O)Nc2ccc(C)cc2)cc1. The molecule has 0 unspecified atom stereocenters. The second kappa shape index (κ2) is 8.53. The van der Waals surface area contributed by atoms with E-state index >= 15 is 0 Å². The highest BCUT2D eigenvalue weighted by Gasteiger charge is 2.27. The van der Waals surface area contributed by atoms with Crippen LogP contribution in [0.2, 0.25) is 0 Å². The fourth-order valence-corrected chi connectivity index (χ4v) is 4.46. The molecule has 4 nitrogen and oxygen atoms in total. The molecule has 1 heterocycles. The third-order valence-electron chi connectivity index (χ3n) is 4.77. The highest BCUT2D eigenvalue weighted by atomic mass is 32.2. The second-order valence-electron chi connectivity index (χ2n) is 6.92. The summed E-state index contributed by atoms with van der Waals surface area (Å²) in [5, 5.41) is 2.94. The number of nitrogens with zero attached hydrogens (tertiary/aromatic N) is 1. The van der Waals surface area contributed by atoms with Crippen LogP contribution in [0.1, 0.15) is 17.5 Å². The predicted molar refractivity (Wildman–Crippen MR) is 120 cm³/mol. The molecule has 3 aromatic carbocycles. The van der Waals surface area contributed by atoms with Crippen LogP contribution in [-0.2, 0) is 4.79 Å². The van der Waals surface area contributed by atoms with Crippen molar-refractivity contribution in [1.82, 2.24) is 0 Å². The van der Waals surface area contributed by atoms with Gasteiger partial charge in [0.05, 0.1) is 23.8 Å². The minimum atomic E-state index is -0.0660. The molecule has 0 saturated carbocycles. The van der Waals surface area contributed by atoms with Crippen molar-refractivity contribution < 1.29 is 9.53 Å². The van der Waals surface area contributed by atoms with Gasteiger partial charge in [-0.3, -0.25) is 9.79 Å². The monoisotopic (exact) mass is 402 g/mol. The molecule has 3 aromatic rings. The smallest absolute Gasteiger partial charge is 0.225 e. The Balaban J connectivity index is 1.59. The number of carbonyl (C=O) groups excluding carboxylic acids is 1. The van der Waals surface area contributed by atoms with Crippen LogP contribution in [0.3, 0.4) is 0 Å². The molecule has 0 bridgehead atoms. The third-order valence-corrected chi connectivity index (χ3v) is 6.05. The lowest BCUT2D eigenvalue weighted by atomic mass is 10.0. The van der Waals surface area contributed by atoms with E-state index in [-0.39, 0.29) is 11.2 Å². The van der Waals surface area contributed by atoms with Gasteiger partial charge in [0.15, 0.2) is 0 Å².